The van der Waals surface area contributed by atoms with Gasteiger partial charge in [-0.2, -0.15) is 0 Å². The molecule has 1 fully saturated rings. The predicted octanol–water partition coefficient (Wildman–Crippen LogP) is 0.542. The molecular formula is C13H26N2O3. The van der Waals surface area contributed by atoms with E-state index in [1.807, 2.05) is 0 Å². The molecule has 5 heteroatoms. The van der Waals surface area contributed by atoms with E-state index in [2.05, 4.69) is 24.5 Å². The molecule has 0 radical (unpaired) electrons. The molecule has 0 aliphatic carbocycles. The summed E-state index contributed by atoms with van der Waals surface area (Å²) in [6, 6.07) is 0.0319. The van der Waals surface area contributed by atoms with Crippen LogP contribution in [0.15, 0.2) is 0 Å². The second-order valence-electron chi connectivity index (χ2n) is 5.23. The summed E-state index contributed by atoms with van der Waals surface area (Å²) in [5.74, 6) is 0.326. The molecule has 2 N–H and O–H groups in total. The largest absolute Gasteiger partial charge is 0.383 e. The van der Waals surface area contributed by atoms with E-state index in [1.54, 1.807) is 14.2 Å². The van der Waals surface area contributed by atoms with Gasteiger partial charge in [0.15, 0.2) is 0 Å². The van der Waals surface area contributed by atoms with Crippen molar-refractivity contribution in [2.75, 3.05) is 33.9 Å². The van der Waals surface area contributed by atoms with Crippen molar-refractivity contribution in [1.29, 1.82) is 0 Å². The Morgan fingerprint density at radius 2 is 1.94 bits per heavy atom. The summed E-state index contributed by atoms with van der Waals surface area (Å²) in [5, 5.41) is 6.31. The maximum atomic E-state index is 12.4. The first kappa shape index (κ1) is 15.4. The summed E-state index contributed by atoms with van der Waals surface area (Å²) < 4.78 is 10.7. The first-order valence-corrected chi connectivity index (χ1v) is 6.61. The lowest BCUT2D eigenvalue weighted by atomic mass is 9.90. The Kier molecular flexibility index (Phi) is 6.05. The zero-order valence-corrected chi connectivity index (χ0v) is 11.9. The first-order valence-electron chi connectivity index (χ1n) is 6.61. The minimum atomic E-state index is -0.674. The number of ether oxygens (including phenoxy) is 2. The van der Waals surface area contributed by atoms with Gasteiger partial charge in [0, 0.05) is 14.2 Å². The van der Waals surface area contributed by atoms with E-state index in [4.69, 9.17) is 9.47 Å². The van der Waals surface area contributed by atoms with Crippen molar-refractivity contribution >= 4 is 5.91 Å². The molecule has 0 aromatic rings. The molecule has 1 heterocycles. The minimum absolute atomic E-state index is 0.0118. The zero-order chi connectivity index (χ0) is 13.6. The lowest BCUT2D eigenvalue weighted by molar-refractivity contribution is -0.148. The van der Waals surface area contributed by atoms with Crippen molar-refractivity contribution < 1.29 is 14.3 Å². The third-order valence-corrected chi connectivity index (χ3v) is 3.68. The maximum absolute atomic E-state index is 12.4. The minimum Gasteiger partial charge on any atom is -0.383 e. The molecule has 1 aliphatic heterocycles. The molecule has 0 spiro atoms. The van der Waals surface area contributed by atoms with E-state index in [0.29, 0.717) is 25.4 Å². The van der Waals surface area contributed by atoms with Gasteiger partial charge < -0.3 is 20.1 Å². The molecule has 0 aromatic carbocycles. The van der Waals surface area contributed by atoms with Crippen LogP contribution < -0.4 is 10.6 Å². The summed E-state index contributed by atoms with van der Waals surface area (Å²) in [6.07, 6.45) is 1.43. The van der Waals surface area contributed by atoms with E-state index < -0.39 is 5.60 Å². The average molecular weight is 258 g/mol. The quantitative estimate of drug-likeness (QED) is 0.730. The molecule has 1 aliphatic rings. The van der Waals surface area contributed by atoms with Crippen molar-refractivity contribution in [3.63, 3.8) is 0 Å². The third-order valence-electron chi connectivity index (χ3n) is 3.68. The van der Waals surface area contributed by atoms with Gasteiger partial charge in [0.1, 0.15) is 5.60 Å². The van der Waals surface area contributed by atoms with Crippen LogP contribution in [0.3, 0.4) is 0 Å². The van der Waals surface area contributed by atoms with Gasteiger partial charge in [-0.1, -0.05) is 13.8 Å². The molecule has 1 saturated heterocycles. The highest BCUT2D eigenvalue weighted by molar-refractivity contribution is 5.85. The number of methoxy groups -OCH3 is 2. The van der Waals surface area contributed by atoms with Crippen LogP contribution in [0.5, 0.6) is 0 Å². The van der Waals surface area contributed by atoms with Crippen molar-refractivity contribution in [2.24, 2.45) is 5.92 Å². The Labute approximate surface area is 110 Å². The number of hydrogen-bond acceptors (Lipinski definition) is 4. The maximum Gasteiger partial charge on any atom is 0.252 e. The van der Waals surface area contributed by atoms with Gasteiger partial charge in [0.05, 0.1) is 12.6 Å². The molecule has 5 nitrogen and oxygen atoms in total. The van der Waals surface area contributed by atoms with Gasteiger partial charge in [-0.25, -0.2) is 0 Å². The number of nitrogens with one attached hydrogen (secondary N) is 2. The van der Waals surface area contributed by atoms with E-state index >= 15 is 0 Å². The topological polar surface area (TPSA) is 59.6 Å². The standard InChI is InChI=1S/C13H26N2O3/c1-10(2)11(9-17-3)15-12(16)13(18-4)5-7-14-8-6-13/h10-11,14H,5-9H2,1-4H3,(H,15,16). The van der Waals surface area contributed by atoms with Crippen molar-refractivity contribution in [2.45, 2.75) is 38.3 Å². The normalized spacial score (nSPS) is 20.7. The Morgan fingerprint density at radius 1 is 1.33 bits per heavy atom. The summed E-state index contributed by atoms with van der Waals surface area (Å²) in [5.41, 5.74) is -0.674. The van der Waals surface area contributed by atoms with Crippen LogP contribution in [0, 0.1) is 5.92 Å². The van der Waals surface area contributed by atoms with Gasteiger partial charge in [0.2, 0.25) is 0 Å². The van der Waals surface area contributed by atoms with Crippen LogP contribution in [0.1, 0.15) is 26.7 Å². The van der Waals surface area contributed by atoms with Gasteiger partial charge in [-0.3, -0.25) is 4.79 Å². The highest BCUT2D eigenvalue weighted by atomic mass is 16.5. The second kappa shape index (κ2) is 7.07. The van der Waals surface area contributed by atoms with Crippen LogP contribution in [-0.2, 0) is 14.3 Å². The zero-order valence-electron chi connectivity index (χ0n) is 11.9. The second-order valence-corrected chi connectivity index (χ2v) is 5.23. The lowest BCUT2D eigenvalue weighted by Crippen LogP contribution is -2.57. The highest BCUT2D eigenvalue weighted by Gasteiger charge is 2.40. The monoisotopic (exact) mass is 258 g/mol. The van der Waals surface area contributed by atoms with Gasteiger partial charge >= 0.3 is 0 Å². The van der Waals surface area contributed by atoms with Crippen LogP contribution in [-0.4, -0.2) is 51.5 Å². The number of carbonyl (C=O) groups excluding carboxylic acids is 1. The summed E-state index contributed by atoms with van der Waals surface area (Å²) in [6.45, 7) is 6.31. The third kappa shape index (κ3) is 3.67. The number of rotatable bonds is 6. The predicted molar refractivity (Wildman–Crippen MR) is 70.5 cm³/mol. The van der Waals surface area contributed by atoms with Gasteiger partial charge in [-0.05, 0) is 31.8 Å². The van der Waals surface area contributed by atoms with Gasteiger partial charge in [-0.15, -0.1) is 0 Å². The Bertz CT molecular complexity index is 263. The van der Waals surface area contributed by atoms with Crippen LogP contribution in [0.4, 0.5) is 0 Å². The van der Waals surface area contributed by atoms with Crippen LogP contribution >= 0.6 is 0 Å². The molecule has 0 saturated carbocycles. The van der Waals surface area contributed by atoms with Crippen LogP contribution in [0.2, 0.25) is 0 Å². The average Bonchev–Trinajstić information content (AvgIpc) is 2.38. The summed E-state index contributed by atoms with van der Waals surface area (Å²) in [4.78, 5) is 12.4. The smallest absolute Gasteiger partial charge is 0.252 e. The number of amides is 1. The number of piperidine rings is 1. The Hall–Kier alpha value is -0.650. The van der Waals surface area contributed by atoms with Crippen molar-refractivity contribution in [1.82, 2.24) is 10.6 Å². The lowest BCUT2D eigenvalue weighted by Gasteiger charge is -2.36. The fourth-order valence-electron chi connectivity index (χ4n) is 2.23. The fourth-order valence-corrected chi connectivity index (χ4v) is 2.23. The van der Waals surface area contributed by atoms with Gasteiger partial charge in [0.25, 0.3) is 5.91 Å². The van der Waals surface area contributed by atoms with E-state index in [9.17, 15) is 4.79 Å². The van der Waals surface area contributed by atoms with E-state index in [-0.39, 0.29) is 11.9 Å². The molecule has 18 heavy (non-hydrogen) atoms. The number of carbonyl (C=O) groups is 1. The Morgan fingerprint density at radius 3 is 2.39 bits per heavy atom. The summed E-state index contributed by atoms with van der Waals surface area (Å²) >= 11 is 0. The van der Waals surface area contributed by atoms with E-state index in [0.717, 1.165) is 13.1 Å². The molecule has 1 rings (SSSR count). The fraction of sp³-hybridized carbons (Fsp3) is 0.923. The molecule has 106 valence electrons. The summed E-state index contributed by atoms with van der Waals surface area (Å²) in [7, 11) is 3.27. The molecular weight excluding hydrogens is 232 g/mol. The van der Waals surface area contributed by atoms with E-state index in [1.165, 1.54) is 0 Å². The van der Waals surface area contributed by atoms with Crippen LogP contribution in [0.25, 0.3) is 0 Å². The highest BCUT2D eigenvalue weighted by Crippen LogP contribution is 2.23. The Balaban J connectivity index is 2.65. The molecule has 1 atom stereocenters. The molecule has 1 unspecified atom stereocenters. The molecule has 0 bridgehead atoms. The molecule has 1 amide bonds. The van der Waals surface area contributed by atoms with Crippen molar-refractivity contribution in [3.8, 4) is 0 Å². The first-order chi connectivity index (χ1) is 8.55. The van der Waals surface area contributed by atoms with Crippen molar-refractivity contribution in [3.05, 3.63) is 0 Å². The SMILES string of the molecule is COCC(NC(=O)C1(OC)CCNCC1)C(C)C. The molecule has 0 aromatic heterocycles. The number of hydrogen-bond donors (Lipinski definition) is 2.